The maximum atomic E-state index is 12.0. The standard InChI is InChI=1S/C12H16N4O3/c17-9-7-14(8-10(9)18)5-6-16-12(19)15-4-2-1-3-11(15)13-16/h1-4,9-10,17-18H,5-8H2. The Morgan fingerprint density at radius 1 is 1.21 bits per heavy atom. The number of aromatic nitrogens is 3. The number of rotatable bonds is 3. The molecule has 0 radical (unpaired) electrons. The molecule has 7 heteroatoms. The summed E-state index contributed by atoms with van der Waals surface area (Å²) in [6, 6.07) is 5.40. The third kappa shape index (κ3) is 2.27. The molecule has 3 heterocycles. The SMILES string of the molecule is O=c1n(CCN2CC(O)C(O)C2)nc2ccccn12. The molecule has 2 atom stereocenters. The van der Waals surface area contributed by atoms with Crippen molar-refractivity contribution in [3.05, 3.63) is 34.9 Å². The van der Waals surface area contributed by atoms with Crippen LogP contribution >= 0.6 is 0 Å². The van der Waals surface area contributed by atoms with Crippen molar-refractivity contribution in [1.82, 2.24) is 19.1 Å². The van der Waals surface area contributed by atoms with Gasteiger partial charge in [0.15, 0.2) is 5.65 Å². The number of fused-ring (bicyclic) bond motifs is 1. The van der Waals surface area contributed by atoms with E-state index in [1.807, 2.05) is 11.0 Å². The first-order valence-corrected chi connectivity index (χ1v) is 6.28. The van der Waals surface area contributed by atoms with E-state index in [9.17, 15) is 15.0 Å². The fraction of sp³-hybridized carbons (Fsp3) is 0.500. The summed E-state index contributed by atoms with van der Waals surface area (Å²) in [6.07, 6.45) is 0.292. The number of hydrogen-bond acceptors (Lipinski definition) is 5. The molecule has 1 aliphatic rings. The smallest absolute Gasteiger partial charge is 0.350 e. The summed E-state index contributed by atoms with van der Waals surface area (Å²) in [7, 11) is 0. The Morgan fingerprint density at radius 3 is 2.63 bits per heavy atom. The Labute approximate surface area is 109 Å². The third-order valence-electron chi connectivity index (χ3n) is 3.45. The van der Waals surface area contributed by atoms with Gasteiger partial charge in [0, 0.05) is 25.8 Å². The number of β-amino-alcohol motifs (C(OH)–C–C–N with tert-alkyl or cyclic N) is 2. The van der Waals surface area contributed by atoms with Gasteiger partial charge in [-0.05, 0) is 12.1 Å². The van der Waals surface area contributed by atoms with E-state index in [-0.39, 0.29) is 5.69 Å². The first-order chi connectivity index (χ1) is 9.15. The van der Waals surface area contributed by atoms with Crippen molar-refractivity contribution in [2.45, 2.75) is 18.8 Å². The zero-order valence-electron chi connectivity index (χ0n) is 10.4. The van der Waals surface area contributed by atoms with Crippen molar-refractivity contribution < 1.29 is 10.2 Å². The molecule has 0 aromatic carbocycles. The lowest BCUT2D eigenvalue weighted by atomic mass is 10.3. The molecule has 2 unspecified atom stereocenters. The van der Waals surface area contributed by atoms with Gasteiger partial charge in [-0.3, -0.25) is 9.30 Å². The van der Waals surface area contributed by atoms with E-state index in [2.05, 4.69) is 5.10 Å². The second-order valence-electron chi connectivity index (χ2n) is 4.83. The van der Waals surface area contributed by atoms with E-state index in [1.165, 1.54) is 9.08 Å². The molecule has 1 aliphatic heterocycles. The van der Waals surface area contributed by atoms with Gasteiger partial charge in [0.25, 0.3) is 0 Å². The monoisotopic (exact) mass is 264 g/mol. The molecule has 0 bridgehead atoms. The quantitative estimate of drug-likeness (QED) is 0.707. The topological polar surface area (TPSA) is 83.0 Å². The molecule has 0 aliphatic carbocycles. The van der Waals surface area contributed by atoms with Crippen LogP contribution in [0.2, 0.25) is 0 Å². The maximum Gasteiger partial charge on any atom is 0.350 e. The maximum absolute atomic E-state index is 12.0. The van der Waals surface area contributed by atoms with Crippen LogP contribution in [0.5, 0.6) is 0 Å². The molecular formula is C12H16N4O3. The predicted molar refractivity (Wildman–Crippen MR) is 67.9 cm³/mol. The van der Waals surface area contributed by atoms with Gasteiger partial charge in [0.2, 0.25) is 0 Å². The zero-order valence-corrected chi connectivity index (χ0v) is 10.4. The number of pyridine rings is 1. The van der Waals surface area contributed by atoms with Crippen molar-refractivity contribution in [2.24, 2.45) is 0 Å². The molecular weight excluding hydrogens is 248 g/mol. The summed E-state index contributed by atoms with van der Waals surface area (Å²) < 4.78 is 2.90. The fourth-order valence-electron chi connectivity index (χ4n) is 2.38. The van der Waals surface area contributed by atoms with Gasteiger partial charge >= 0.3 is 5.69 Å². The first kappa shape index (κ1) is 12.3. The Bertz CT molecular complexity index is 625. The van der Waals surface area contributed by atoms with Crippen molar-refractivity contribution in [1.29, 1.82) is 0 Å². The summed E-state index contributed by atoms with van der Waals surface area (Å²) >= 11 is 0. The Morgan fingerprint density at radius 2 is 1.95 bits per heavy atom. The van der Waals surface area contributed by atoms with Crippen LogP contribution in [0.4, 0.5) is 0 Å². The van der Waals surface area contributed by atoms with Crippen LogP contribution in [0, 0.1) is 0 Å². The molecule has 102 valence electrons. The second-order valence-corrected chi connectivity index (χ2v) is 4.83. The molecule has 3 rings (SSSR count). The van der Waals surface area contributed by atoms with E-state index >= 15 is 0 Å². The largest absolute Gasteiger partial charge is 0.389 e. The van der Waals surface area contributed by atoms with Crippen molar-refractivity contribution >= 4 is 5.65 Å². The van der Waals surface area contributed by atoms with E-state index < -0.39 is 12.2 Å². The second kappa shape index (κ2) is 4.76. The van der Waals surface area contributed by atoms with Crippen LogP contribution < -0.4 is 5.69 Å². The molecule has 2 aromatic heterocycles. The van der Waals surface area contributed by atoms with Gasteiger partial charge in [-0.1, -0.05) is 6.07 Å². The molecule has 19 heavy (non-hydrogen) atoms. The third-order valence-corrected chi connectivity index (χ3v) is 3.45. The number of nitrogens with zero attached hydrogens (tertiary/aromatic N) is 4. The summed E-state index contributed by atoms with van der Waals surface area (Å²) in [4.78, 5) is 13.9. The fourth-order valence-corrected chi connectivity index (χ4v) is 2.38. The highest BCUT2D eigenvalue weighted by Gasteiger charge is 2.29. The van der Waals surface area contributed by atoms with E-state index in [0.717, 1.165) is 0 Å². The highest BCUT2D eigenvalue weighted by atomic mass is 16.3. The molecule has 0 spiro atoms. The average molecular weight is 264 g/mol. The van der Waals surface area contributed by atoms with Crippen LogP contribution in [-0.4, -0.2) is 61.1 Å². The number of hydrogen-bond donors (Lipinski definition) is 2. The number of aliphatic hydroxyl groups is 2. The van der Waals surface area contributed by atoms with Gasteiger partial charge in [-0.15, -0.1) is 5.10 Å². The lowest BCUT2D eigenvalue weighted by Gasteiger charge is -2.13. The Balaban J connectivity index is 1.72. The van der Waals surface area contributed by atoms with Crippen LogP contribution in [0.25, 0.3) is 5.65 Å². The summed E-state index contributed by atoms with van der Waals surface area (Å²) in [5.41, 5.74) is 0.449. The highest BCUT2D eigenvalue weighted by Crippen LogP contribution is 2.09. The highest BCUT2D eigenvalue weighted by molar-refractivity contribution is 5.35. The van der Waals surface area contributed by atoms with Crippen LogP contribution in [0.15, 0.2) is 29.2 Å². The number of aliphatic hydroxyl groups excluding tert-OH is 2. The lowest BCUT2D eigenvalue weighted by Crippen LogP contribution is -2.30. The molecule has 0 amide bonds. The van der Waals surface area contributed by atoms with Gasteiger partial charge in [-0.25, -0.2) is 9.48 Å². The van der Waals surface area contributed by atoms with Crippen molar-refractivity contribution in [2.75, 3.05) is 19.6 Å². The van der Waals surface area contributed by atoms with Gasteiger partial charge in [-0.2, -0.15) is 0 Å². The van der Waals surface area contributed by atoms with E-state index in [0.29, 0.717) is 31.8 Å². The Kier molecular flexibility index (Phi) is 3.09. The summed E-state index contributed by atoms with van der Waals surface area (Å²) in [6.45, 7) is 1.89. The molecule has 1 fully saturated rings. The molecule has 2 aromatic rings. The molecule has 1 saturated heterocycles. The minimum atomic E-state index is -0.696. The molecule has 2 N–H and O–H groups in total. The van der Waals surface area contributed by atoms with Crippen LogP contribution in [0.1, 0.15) is 0 Å². The van der Waals surface area contributed by atoms with Gasteiger partial charge in [0.05, 0.1) is 18.8 Å². The van der Waals surface area contributed by atoms with Gasteiger partial charge in [0.1, 0.15) is 0 Å². The first-order valence-electron chi connectivity index (χ1n) is 6.28. The average Bonchev–Trinajstić information content (AvgIpc) is 2.89. The number of likely N-dealkylation sites (tertiary alicyclic amines) is 1. The van der Waals surface area contributed by atoms with Crippen molar-refractivity contribution in [3.8, 4) is 0 Å². The van der Waals surface area contributed by atoms with Crippen LogP contribution in [-0.2, 0) is 6.54 Å². The minimum Gasteiger partial charge on any atom is -0.389 e. The molecule has 0 saturated carbocycles. The Hall–Kier alpha value is -1.70. The van der Waals surface area contributed by atoms with E-state index in [1.54, 1.807) is 18.3 Å². The van der Waals surface area contributed by atoms with Crippen LogP contribution in [0.3, 0.4) is 0 Å². The predicted octanol–water partition coefficient (Wildman–Crippen LogP) is -1.47. The van der Waals surface area contributed by atoms with Gasteiger partial charge < -0.3 is 10.2 Å². The normalized spacial score (nSPS) is 24.3. The van der Waals surface area contributed by atoms with E-state index in [4.69, 9.17) is 0 Å². The summed E-state index contributed by atoms with van der Waals surface area (Å²) in [5, 5.41) is 23.1. The lowest BCUT2D eigenvalue weighted by molar-refractivity contribution is 0.0572. The summed E-state index contributed by atoms with van der Waals surface area (Å²) in [5.74, 6) is 0. The molecule has 7 nitrogen and oxygen atoms in total. The van der Waals surface area contributed by atoms with Crippen molar-refractivity contribution in [3.63, 3.8) is 0 Å². The minimum absolute atomic E-state index is 0.170. The zero-order chi connectivity index (χ0) is 13.4.